The Kier molecular flexibility index (Phi) is 4.52. The molecular weight excluding hydrogens is 318 g/mol. The highest BCUT2D eigenvalue weighted by molar-refractivity contribution is 5.95. The maximum Gasteiger partial charge on any atom is 0.323 e. The molecule has 6 nitrogen and oxygen atoms in total. The molecule has 0 spiro atoms. The molecule has 3 aromatic rings. The van der Waals surface area contributed by atoms with Crippen LogP contribution in [-0.2, 0) is 11.3 Å². The van der Waals surface area contributed by atoms with Crippen LogP contribution in [0.15, 0.2) is 48.5 Å². The van der Waals surface area contributed by atoms with E-state index in [1.165, 1.54) is 4.90 Å². The third-order valence-electron chi connectivity index (χ3n) is 4.00. The quantitative estimate of drug-likeness (QED) is 0.777. The van der Waals surface area contributed by atoms with Gasteiger partial charge >= 0.3 is 5.97 Å². The van der Waals surface area contributed by atoms with E-state index < -0.39 is 11.9 Å². The molecule has 0 bridgehead atoms. The fraction of sp³-hybridized carbons (Fsp3) is 0.211. The molecule has 1 N–H and O–H groups in total. The molecule has 2 aromatic heterocycles. The topological polar surface area (TPSA) is 74.9 Å². The predicted molar refractivity (Wildman–Crippen MR) is 93.5 cm³/mol. The second kappa shape index (κ2) is 6.76. The standard InChI is InChI=1S/C19H19N3O3/c1-13-6-8-15(9-7-13)11-21(12-18(23)24)19(25)17-10-16-5-3-4-14(2)22(16)20-17/h3-10H,11-12H2,1-2H3,(H,23,24). The number of amides is 1. The van der Waals surface area contributed by atoms with Gasteiger partial charge in [0.1, 0.15) is 6.54 Å². The van der Waals surface area contributed by atoms with E-state index in [4.69, 9.17) is 5.11 Å². The number of nitrogens with zero attached hydrogens (tertiary/aromatic N) is 3. The smallest absolute Gasteiger partial charge is 0.323 e. The normalized spacial score (nSPS) is 10.8. The first-order valence-electron chi connectivity index (χ1n) is 7.96. The minimum Gasteiger partial charge on any atom is -0.480 e. The molecule has 0 aliphatic carbocycles. The summed E-state index contributed by atoms with van der Waals surface area (Å²) in [7, 11) is 0. The van der Waals surface area contributed by atoms with Crippen LogP contribution in [0.4, 0.5) is 0 Å². The van der Waals surface area contributed by atoms with E-state index in [0.29, 0.717) is 0 Å². The van der Waals surface area contributed by atoms with Crippen molar-refractivity contribution in [1.82, 2.24) is 14.5 Å². The SMILES string of the molecule is Cc1ccc(CN(CC(=O)O)C(=O)c2cc3cccc(C)n3n2)cc1. The van der Waals surface area contributed by atoms with Crippen LogP contribution >= 0.6 is 0 Å². The summed E-state index contributed by atoms with van der Waals surface area (Å²) in [6, 6.07) is 15.0. The Morgan fingerprint density at radius 3 is 2.48 bits per heavy atom. The maximum atomic E-state index is 12.8. The molecule has 0 saturated carbocycles. The van der Waals surface area contributed by atoms with Gasteiger partial charge in [0.05, 0.1) is 5.52 Å². The van der Waals surface area contributed by atoms with Crippen molar-refractivity contribution in [2.75, 3.05) is 6.54 Å². The van der Waals surface area contributed by atoms with Gasteiger partial charge in [-0.25, -0.2) is 4.52 Å². The fourth-order valence-electron chi connectivity index (χ4n) is 2.70. The molecule has 3 rings (SSSR count). The van der Waals surface area contributed by atoms with Crippen LogP contribution < -0.4 is 0 Å². The number of aryl methyl sites for hydroxylation is 2. The summed E-state index contributed by atoms with van der Waals surface area (Å²) in [5, 5.41) is 13.5. The number of carbonyl (C=O) groups is 2. The summed E-state index contributed by atoms with van der Waals surface area (Å²) in [5.41, 5.74) is 3.92. The van der Waals surface area contributed by atoms with E-state index in [-0.39, 0.29) is 18.8 Å². The highest BCUT2D eigenvalue weighted by Gasteiger charge is 2.22. The maximum absolute atomic E-state index is 12.8. The molecule has 1 amide bonds. The second-order valence-electron chi connectivity index (χ2n) is 6.07. The van der Waals surface area contributed by atoms with Gasteiger partial charge < -0.3 is 10.0 Å². The predicted octanol–water partition coefficient (Wildman–Crippen LogP) is 2.68. The summed E-state index contributed by atoms with van der Waals surface area (Å²) in [5.74, 6) is -1.45. The molecule has 0 radical (unpaired) electrons. The lowest BCUT2D eigenvalue weighted by molar-refractivity contribution is -0.137. The molecule has 2 heterocycles. The van der Waals surface area contributed by atoms with Crippen molar-refractivity contribution in [2.45, 2.75) is 20.4 Å². The molecule has 1 aromatic carbocycles. The largest absolute Gasteiger partial charge is 0.480 e. The van der Waals surface area contributed by atoms with Crippen LogP contribution in [0.5, 0.6) is 0 Å². The summed E-state index contributed by atoms with van der Waals surface area (Å²) in [6.07, 6.45) is 0. The lowest BCUT2D eigenvalue weighted by Crippen LogP contribution is -2.35. The van der Waals surface area contributed by atoms with Gasteiger partial charge in [-0.05, 0) is 37.6 Å². The molecule has 128 valence electrons. The summed E-state index contributed by atoms with van der Waals surface area (Å²) >= 11 is 0. The van der Waals surface area contributed by atoms with E-state index in [0.717, 1.165) is 22.3 Å². The van der Waals surface area contributed by atoms with Crippen molar-refractivity contribution >= 4 is 17.4 Å². The number of rotatable bonds is 5. The van der Waals surface area contributed by atoms with Crippen molar-refractivity contribution in [3.8, 4) is 0 Å². The Morgan fingerprint density at radius 2 is 1.84 bits per heavy atom. The molecule has 0 aliphatic rings. The van der Waals surface area contributed by atoms with Crippen LogP contribution in [0, 0.1) is 13.8 Å². The summed E-state index contributed by atoms with van der Waals surface area (Å²) in [6.45, 7) is 3.72. The second-order valence-corrected chi connectivity index (χ2v) is 6.07. The molecule has 25 heavy (non-hydrogen) atoms. The van der Waals surface area contributed by atoms with Crippen molar-refractivity contribution in [3.63, 3.8) is 0 Å². The average molecular weight is 337 g/mol. The highest BCUT2D eigenvalue weighted by atomic mass is 16.4. The Bertz CT molecular complexity index is 929. The third kappa shape index (κ3) is 3.68. The average Bonchev–Trinajstić information content (AvgIpc) is 3.01. The minimum atomic E-state index is -1.06. The van der Waals surface area contributed by atoms with Gasteiger partial charge in [0.25, 0.3) is 5.91 Å². The van der Waals surface area contributed by atoms with Crippen LogP contribution in [0.25, 0.3) is 5.52 Å². The number of aromatic nitrogens is 2. The van der Waals surface area contributed by atoms with E-state index in [2.05, 4.69) is 5.10 Å². The lowest BCUT2D eigenvalue weighted by atomic mass is 10.1. The van der Waals surface area contributed by atoms with Gasteiger partial charge in [-0.3, -0.25) is 9.59 Å². The van der Waals surface area contributed by atoms with E-state index in [9.17, 15) is 9.59 Å². The van der Waals surface area contributed by atoms with Crippen molar-refractivity contribution in [2.24, 2.45) is 0 Å². The number of benzene rings is 1. The van der Waals surface area contributed by atoms with Gasteiger partial charge in [0.15, 0.2) is 5.69 Å². The van der Waals surface area contributed by atoms with E-state index in [1.54, 1.807) is 10.6 Å². The lowest BCUT2D eigenvalue weighted by Gasteiger charge is -2.19. The van der Waals surface area contributed by atoms with Gasteiger partial charge in [-0.2, -0.15) is 5.10 Å². The van der Waals surface area contributed by atoms with Gasteiger partial charge in [0, 0.05) is 12.2 Å². The summed E-state index contributed by atoms with van der Waals surface area (Å²) < 4.78 is 1.68. The summed E-state index contributed by atoms with van der Waals surface area (Å²) in [4.78, 5) is 25.3. The van der Waals surface area contributed by atoms with Crippen molar-refractivity contribution in [3.05, 3.63) is 71.0 Å². The Morgan fingerprint density at radius 1 is 1.12 bits per heavy atom. The van der Waals surface area contributed by atoms with Crippen molar-refractivity contribution < 1.29 is 14.7 Å². The van der Waals surface area contributed by atoms with Gasteiger partial charge in [0.2, 0.25) is 0 Å². The Balaban J connectivity index is 1.90. The van der Waals surface area contributed by atoms with Gasteiger partial charge in [-0.15, -0.1) is 0 Å². The van der Waals surface area contributed by atoms with Crippen LogP contribution in [0.1, 0.15) is 27.3 Å². The first-order chi connectivity index (χ1) is 11.9. The molecule has 0 saturated heterocycles. The minimum absolute atomic E-state index is 0.221. The number of hydrogen-bond acceptors (Lipinski definition) is 3. The number of pyridine rings is 1. The number of aliphatic carboxylic acids is 1. The number of fused-ring (bicyclic) bond motifs is 1. The number of carboxylic acids is 1. The zero-order valence-electron chi connectivity index (χ0n) is 14.1. The van der Waals surface area contributed by atoms with Crippen LogP contribution in [-0.4, -0.2) is 38.0 Å². The fourth-order valence-corrected chi connectivity index (χ4v) is 2.70. The molecule has 0 aliphatic heterocycles. The number of carbonyl (C=O) groups excluding carboxylic acids is 1. The molecule has 0 unspecified atom stereocenters. The first-order valence-corrected chi connectivity index (χ1v) is 7.96. The number of hydrogen-bond donors (Lipinski definition) is 1. The monoisotopic (exact) mass is 337 g/mol. The first kappa shape index (κ1) is 16.7. The molecule has 0 fully saturated rings. The van der Waals surface area contributed by atoms with Crippen molar-refractivity contribution in [1.29, 1.82) is 0 Å². The molecule has 6 heteroatoms. The van der Waals surface area contributed by atoms with Crippen LogP contribution in [0.2, 0.25) is 0 Å². The zero-order chi connectivity index (χ0) is 18.0. The van der Waals surface area contributed by atoms with E-state index in [1.807, 2.05) is 56.3 Å². The Hall–Kier alpha value is -3.15. The van der Waals surface area contributed by atoms with Gasteiger partial charge in [-0.1, -0.05) is 35.9 Å². The van der Waals surface area contributed by atoms with Crippen LogP contribution in [0.3, 0.4) is 0 Å². The Labute approximate surface area is 145 Å². The molecular formula is C19H19N3O3. The zero-order valence-corrected chi connectivity index (χ0v) is 14.1. The number of carboxylic acid groups (broad SMARTS) is 1. The van der Waals surface area contributed by atoms with E-state index >= 15 is 0 Å². The molecule has 0 atom stereocenters. The highest BCUT2D eigenvalue weighted by Crippen LogP contribution is 2.14. The third-order valence-corrected chi connectivity index (χ3v) is 4.00.